The molecule has 21 rings (SSSR count). The minimum absolute atomic E-state index is 0.278. The number of alkyl halides is 12. The van der Waals surface area contributed by atoms with E-state index in [1.807, 2.05) is 62.3 Å². The van der Waals surface area contributed by atoms with E-state index in [9.17, 15) is 61.5 Å². The number of hydrogen-bond donors (Lipinski definition) is 0. The average molecular weight is 2190 g/mol. The summed E-state index contributed by atoms with van der Waals surface area (Å²) in [5.74, 6) is -25.7. The molecule has 696 valence electrons. The van der Waals surface area contributed by atoms with Gasteiger partial charge in [-0.15, -0.1) is 159 Å². The number of hydrogen-bond acceptors (Lipinski definition) is 19. The SMILES string of the molecule is C(#Cc1ccsc1)c1ccsc1.C(=C\c1cccs1)/c1ccc(/C=C/c2cccs2)cc1.C(=Cc1cccs1)c1ccc(C=Cc2cccs2)cc1.C=Cc1ccc(-c2ccc(-c3cccs3)cc2)s1.FC1(F)C(c2cccs2)=C(c2cccs2)C(F)(F)C1(F)F.Fc1sccc1C1=C(c2ccsc2F)C(F)(F)C(F)(F)C1(F)F.c1csc(SSc2cccs2)c1.c1csc(Sc2cccs2)c1. The normalized spacial score (nSPS) is 14.4. The number of allylic oxidation sites excluding steroid dienone is 4. The van der Waals surface area contributed by atoms with Gasteiger partial charge >= 0.3 is 35.5 Å². The lowest BCUT2D eigenvalue weighted by Crippen LogP contribution is -2.48. The molecule has 0 saturated carbocycles. The summed E-state index contributed by atoms with van der Waals surface area (Å²) in [4.78, 5) is 8.41. The Hall–Kier alpha value is -9.33. The van der Waals surface area contributed by atoms with Crippen molar-refractivity contribution in [2.45, 2.75) is 52.4 Å². The van der Waals surface area contributed by atoms with Gasteiger partial charge in [-0.05, 0) is 263 Å². The van der Waals surface area contributed by atoms with Gasteiger partial charge in [0.25, 0.3) is 0 Å². The Morgan fingerprint density at radius 3 is 0.839 bits per heavy atom. The van der Waals surface area contributed by atoms with Gasteiger partial charge in [0.2, 0.25) is 0 Å². The molecule has 0 aliphatic heterocycles. The fraction of sp³-hybridized carbons (Fsp3) is 0.0577. The molecule has 0 saturated heterocycles. The molecule has 2 aliphatic rings. The van der Waals surface area contributed by atoms with Crippen LogP contribution in [0.3, 0.4) is 0 Å². The summed E-state index contributed by atoms with van der Waals surface area (Å²) in [6, 6.07) is 78.6. The van der Waals surface area contributed by atoms with Crippen LogP contribution in [0.1, 0.15) is 78.6 Å². The second-order valence-electron chi connectivity index (χ2n) is 28.1. The maximum absolute atomic E-state index is 14.0. The number of thiophene rings is 16. The van der Waals surface area contributed by atoms with Crippen molar-refractivity contribution in [3.05, 3.63) is 430 Å². The maximum Gasteiger partial charge on any atom is 0.380 e. The van der Waals surface area contributed by atoms with Gasteiger partial charge in [0.15, 0.2) is 10.3 Å². The molecular formula is C104H68F14S19. The zero-order valence-electron chi connectivity index (χ0n) is 70.4. The third-order valence-corrected chi connectivity index (χ3v) is 37.1. The van der Waals surface area contributed by atoms with Crippen molar-refractivity contribution >= 4 is 292 Å². The molecule has 0 N–H and O–H groups in total. The first-order valence-electron chi connectivity index (χ1n) is 40.2. The van der Waals surface area contributed by atoms with E-state index in [1.54, 1.807) is 136 Å². The van der Waals surface area contributed by atoms with Crippen LogP contribution < -0.4 is 0 Å². The minimum Gasteiger partial charge on any atom is -0.194 e. The summed E-state index contributed by atoms with van der Waals surface area (Å²) in [6.07, 6.45) is 19.1. The van der Waals surface area contributed by atoms with Crippen molar-refractivity contribution in [2.24, 2.45) is 0 Å². The molecule has 0 unspecified atom stereocenters. The van der Waals surface area contributed by atoms with E-state index in [2.05, 4.69) is 320 Å². The lowest BCUT2D eigenvalue weighted by Gasteiger charge is -2.25. The van der Waals surface area contributed by atoms with Crippen molar-refractivity contribution in [2.75, 3.05) is 0 Å². The summed E-state index contributed by atoms with van der Waals surface area (Å²) in [6.45, 7) is 3.80. The molecule has 19 aromatic rings. The lowest BCUT2D eigenvalue weighted by atomic mass is 9.98. The highest BCUT2D eigenvalue weighted by molar-refractivity contribution is 8.77. The minimum atomic E-state index is -5.81. The first kappa shape index (κ1) is 104. The molecule has 0 nitrogen and oxygen atoms in total. The van der Waals surface area contributed by atoms with E-state index in [0.29, 0.717) is 12.1 Å². The van der Waals surface area contributed by atoms with E-state index >= 15 is 0 Å². The largest absolute Gasteiger partial charge is 0.380 e. The first-order chi connectivity index (χ1) is 66.3. The Labute approximate surface area is 858 Å². The van der Waals surface area contributed by atoms with Gasteiger partial charge in [0, 0.05) is 88.1 Å². The van der Waals surface area contributed by atoms with Crippen molar-refractivity contribution < 1.29 is 61.5 Å². The number of halogens is 14. The molecule has 0 spiro atoms. The summed E-state index contributed by atoms with van der Waals surface area (Å²) in [5.41, 5.74) is 1.17. The Kier molecular flexibility index (Phi) is 37.5. The molecule has 0 amide bonds. The Morgan fingerprint density at radius 1 is 0.255 bits per heavy atom. The summed E-state index contributed by atoms with van der Waals surface area (Å²) in [7, 11) is 3.66. The molecule has 137 heavy (non-hydrogen) atoms. The highest BCUT2D eigenvalue weighted by Gasteiger charge is 2.82. The van der Waals surface area contributed by atoms with Crippen molar-refractivity contribution in [3.8, 4) is 32.7 Å². The van der Waals surface area contributed by atoms with Crippen LogP contribution >= 0.6 is 215 Å². The first-order valence-corrected chi connectivity index (χ1v) is 57.3. The molecule has 16 aromatic heterocycles. The van der Waals surface area contributed by atoms with Crippen molar-refractivity contribution in [1.29, 1.82) is 0 Å². The van der Waals surface area contributed by atoms with Crippen LogP contribution in [-0.2, 0) is 0 Å². The smallest absolute Gasteiger partial charge is 0.194 e. The Morgan fingerprint density at radius 2 is 0.562 bits per heavy atom. The Bertz CT molecular complexity index is 6540. The van der Waals surface area contributed by atoms with E-state index in [-0.39, 0.29) is 32.4 Å². The van der Waals surface area contributed by atoms with E-state index < -0.39 is 79.2 Å². The van der Waals surface area contributed by atoms with Gasteiger partial charge < -0.3 is 0 Å². The van der Waals surface area contributed by atoms with Gasteiger partial charge in [-0.25, -0.2) is 0 Å². The van der Waals surface area contributed by atoms with Crippen LogP contribution in [0.2, 0.25) is 0 Å². The fourth-order valence-electron chi connectivity index (χ4n) is 12.4. The maximum atomic E-state index is 14.0. The predicted octanol–water partition coefficient (Wildman–Crippen LogP) is 41.4. The van der Waals surface area contributed by atoms with Gasteiger partial charge in [-0.2, -0.15) is 84.1 Å². The molecule has 16 heterocycles. The van der Waals surface area contributed by atoms with Crippen molar-refractivity contribution in [1.82, 2.24) is 0 Å². The van der Waals surface area contributed by atoms with Gasteiger partial charge in [-0.3, -0.25) is 0 Å². The van der Waals surface area contributed by atoms with Gasteiger partial charge in [0.1, 0.15) is 0 Å². The zero-order chi connectivity index (χ0) is 96.3. The molecule has 0 fully saturated rings. The molecule has 3 aromatic carbocycles. The average Bonchev–Trinajstić information content (AvgIpc) is 1.54. The number of rotatable bonds is 20. The third kappa shape index (κ3) is 27.3. The quantitative estimate of drug-likeness (QED) is 0.0424. The molecule has 0 atom stereocenters. The molecule has 0 radical (unpaired) electrons. The van der Waals surface area contributed by atoms with Gasteiger partial charge in [0.05, 0.1) is 28.0 Å². The monoisotopic (exact) mass is 2190 g/mol. The molecule has 33 heteroatoms. The second-order valence-corrected chi connectivity index (χ2v) is 47.4. The second kappa shape index (κ2) is 49.7. The fourth-order valence-corrected chi connectivity index (χ4v) is 27.4. The van der Waals surface area contributed by atoms with Gasteiger partial charge in [-0.1, -0.05) is 200 Å². The van der Waals surface area contributed by atoms with E-state index in [1.165, 1.54) is 107 Å². The summed E-state index contributed by atoms with van der Waals surface area (Å²) >= 11 is 24.9. The lowest BCUT2D eigenvalue weighted by molar-refractivity contribution is -0.254. The Balaban J connectivity index is 0.000000126. The highest BCUT2D eigenvalue weighted by Crippen LogP contribution is 2.67. The predicted molar refractivity (Wildman–Crippen MR) is 577 cm³/mol. The molecule has 0 bridgehead atoms. The summed E-state index contributed by atoms with van der Waals surface area (Å²) < 4.78 is 200. The standard InChI is InChI=1S/2C18H14S2.C16H12S2.C13H4F8S2.C13H6F6S2.C10H6S2.C8H6S4.C8H6S3/c2*1-3-17(19-13-1)11-9-15-5-7-16(8-6-15)10-12-18-4-2-14-20-18;1-2-14-9-10-16(18-14)13-7-5-12(6-8-13)15-4-3-11-17-15;14-9-5(1-3-22-9)7-8(6-2-4-23-10(6)15)12(18,19)13(20,21)11(7,16)17;14-11(15)9(7-3-1-5-20-7)10(8-4-2-6-21-8)12(16,17)13(11,18)19;1(9-3-5-11-7-9)2-10-4-6-12-8-10;1-3-7(9-5-1)11-12-8-4-2-6-10-8;1-3-7(9-5-1)11-8-4-2-6-10-8/h2*1-14H;2-11H,1H2;1-4H;1-6H;3-8H;1-6H;1-6H/b11-9+,12-10+;;;;;;;. The van der Waals surface area contributed by atoms with Crippen LogP contribution in [0.15, 0.2) is 358 Å². The van der Waals surface area contributed by atoms with Crippen LogP contribution in [0, 0.1) is 22.1 Å². The van der Waals surface area contributed by atoms with E-state index in [0.717, 1.165) is 56.7 Å². The number of benzene rings is 3. The van der Waals surface area contributed by atoms with Crippen LogP contribution in [-0.4, -0.2) is 35.5 Å². The summed E-state index contributed by atoms with van der Waals surface area (Å²) in [5, 5.41) is 29.1. The topological polar surface area (TPSA) is 0 Å². The molecule has 2 aliphatic carbocycles. The third-order valence-electron chi connectivity index (χ3n) is 19.0. The van der Waals surface area contributed by atoms with Crippen LogP contribution in [0.5, 0.6) is 0 Å². The van der Waals surface area contributed by atoms with E-state index in [4.69, 9.17) is 0 Å². The van der Waals surface area contributed by atoms with Crippen molar-refractivity contribution in [3.63, 3.8) is 0 Å². The zero-order valence-corrected chi connectivity index (χ0v) is 85.9. The molecular weight excluding hydrogens is 2120 g/mol. The van der Waals surface area contributed by atoms with Crippen LogP contribution in [0.4, 0.5) is 61.5 Å². The van der Waals surface area contributed by atoms with Crippen LogP contribution in [0.25, 0.3) is 97.9 Å². The highest BCUT2D eigenvalue weighted by atomic mass is 33.1.